The molecule has 0 spiro atoms. The summed E-state index contributed by atoms with van der Waals surface area (Å²) in [5.74, 6) is -0.365. The van der Waals surface area contributed by atoms with Gasteiger partial charge in [0.2, 0.25) is 0 Å². The van der Waals surface area contributed by atoms with Gasteiger partial charge in [-0.2, -0.15) is 16.4 Å². The van der Waals surface area contributed by atoms with Crippen LogP contribution in [0.2, 0.25) is 0 Å². The van der Waals surface area contributed by atoms with Gasteiger partial charge in [-0.1, -0.05) is 0 Å². The molecular weight excluding hydrogens is 236 g/mol. The Hall–Kier alpha value is -1.62. The van der Waals surface area contributed by atoms with Crippen molar-refractivity contribution in [2.24, 2.45) is 0 Å². The number of aromatic nitrogens is 2. The van der Waals surface area contributed by atoms with E-state index in [1.54, 1.807) is 24.3 Å². The maximum Gasteiger partial charge on any atom is 0.358 e. The zero-order chi connectivity index (χ0) is 12.3. The van der Waals surface area contributed by atoms with Gasteiger partial charge in [0.05, 0.1) is 12.3 Å². The molecule has 0 bridgehead atoms. The Labute approximate surface area is 104 Å². The lowest BCUT2D eigenvalue weighted by molar-refractivity contribution is 0.0518. The molecule has 2 aromatic heterocycles. The molecule has 2 aromatic rings. The maximum atomic E-state index is 11.6. The molecule has 0 amide bonds. The lowest BCUT2D eigenvalue weighted by Gasteiger charge is -2.00. The first-order valence-corrected chi connectivity index (χ1v) is 6.48. The third-order valence-electron chi connectivity index (χ3n) is 2.38. The van der Waals surface area contributed by atoms with Gasteiger partial charge < -0.3 is 4.74 Å². The maximum absolute atomic E-state index is 11.6. The van der Waals surface area contributed by atoms with Crippen molar-refractivity contribution in [2.75, 3.05) is 6.61 Å². The van der Waals surface area contributed by atoms with E-state index in [-0.39, 0.29) is 5.97 Å². The summed E-state index contributed by atoms with van der Waals surface area (Å²) in [6.07, 6.45) is 0. The fourth-order valence-corrected chi connectivity index (χ4v) is 2.25. The van der Waals surface area contributed by atoms with Crippen molar-refractivity contribution in [1.29, 1.82) is 0 Å². The number of carbonyl (C=O) groups excluding carboxylic acids is 1. The molecule has 90 valence electrons. The Morgan fingerprint density at radius 2 is 2.35 bits per heavy atom. The van der Waals surface area contributed by atoms with Crippen LogP contribution in [-0.2, 0) is 11.3 Å². The van der Waals surface area contributed by atoms with Crippen LogP contribution in [0.1, 0.15) is 24.3 Å². The van der Waals surface area contributed by atoms with Crippen molar-refractivity contribution in [3.8, 4) is 11.3 Å². The highest BCUT2D eigenvalue weighted by Gasteiger charge is 2.15. The van der Waals surface area contributed by atoms with Crippen LogP contribution in [0.15, 0.2) is 22.9 Å². The molecule has 0 radical (unpaired) electrons. The molecule has 0 unspecified atom stereocenters. The first kappa shape index (κ1) is 11.9. The van der Waals surface area contributed by atoms with Gasteiger partial charge in [-0.05, 0) is 31.4 Å². The van der Waals surface area contributed by atoms with E-state index >= 15 is 0 Å². The van der Waals surface area contributed by atoms with Crippen molar-refractivity contribution in [3.63, 3.8) is 0 Å². The molecule has 0 saturated carbocycles. The van der Waals surface area contributed by atoms with Crippen molar-refractivity contribution < 1.29 is 9.53 Å². The van der Waals surface area contributed by atoms with E-state index in [0.29, 0.717) is 12.3 Å². The van der Waals surface area contributed by atoms with Crippen molar-refractivity contribution in [3.05, 3.63) is 28.6 Å². The van der Waals surface area contributed by atoms with E-state index in [9.17, 15) is 4.79 Å². The molecule has 0 fully saturated rings. The van der Waals surface area contributed by atoms with E-state index in [1.165, 1.54) is 0 Å². The summed E-state index contributed by atoms with van der Waals surface area (Å²) in [5, 5.41) is 8.30. The highest BCUT2D eigenvalue weighted by Crippen LogP contribution is 2.23. The van der Waals surface area contributed by atoms with E-state index in [1.807, 2.05) is 28.4 Å². The number of ether oxygens (including phenoxy) is 1. The Morgan fingerprint density at radius 3 is 2.94 bits per heavy atom. The van der Waals surface area contributed by atoms with Gasteiger partial charge in [0.1, 0.15) is 0 Å². The van der Waals surface area contributed by atoms with Gasteiger partial charge in [-0.15, -0.1) is 0 Å². The van der Waals surface area contributed by atoms with E-state index < -0.39 is 0 Å². The molecule has 0 saturated heterocycles. The fraction of sp³-hybridized carbons (Fsp3) is 0.333. The molecule has 5 heteroatoms. The number of nitrogens with zero attached hydrogens (tertiary/aromatic N) is 2. The summed E-state index contributed by atoms with van der Waals surface area (Å²) >= 11 is 1.62. The topological polar surface area (TPSA) is 44.1 Å². The van der Waals surface area contributed by atoms with Crippen molar-refractivity contribution in [2.45, 2.75) is 20.4 Å². The highest BCUT2D eigenvalue weighted by molar-refractivity contribution is 7.08. The first-order valence-electron chi connectivity index (χ1n) is 5.53. The predicted molar refractivity (Wildman–Crippen MR) is 67.2 cm³/mol. The van der Waals surface area contributed by atoms with Gasteiger partial charge in [-0.3, -0.25) is 4.68 Å². The minimum atomic E-state index is -0.365. The summed E-state index contributed by atoms with van der Waals surface area (Å²) < 4.78 is 6.76. The molecule has 0 N–H and O–H groups in total. The highest BCUT2D eigenvalue weighted by atomic mass is 32.1. The molecular formula is C12H14N2O2S. The standard InChI is InChI=1S/C12H14N2O2S/c1-3-14-11(9-5-6-17-8-9)7-10(13-14)12(15)16-4-2/h5-8H,3-4H2,1-2H3. The average Bonchev–Trinajstić information content (AvgIpc) is 2.97. The fourth-order valence-electron chi connectivity index (χ4n) is 1.61. The SMILES string of the molecule is CCOC(=O)c1cc(-c2ccsc2)n(CC)n1. The zero-order valence-corrected chi connectivity index (χ0v) is 10.7. The second-order valence-electron chi connectivity index (χ2n) is 3.46. The number of hydrogen-bond donors (Lipinski definition) is 0. The van der Waals surface area contributed by atoms with Gasteiger partial charge in [0, 0.05) is 17.5 Å². The minimum Gasteiger partial charge on any atom is -0.461 e. The van der Waals surface area contributed by atoms with Gasteiger partial charge in [0.25, 0.3) is 0 Å². The number of carbonyl (C=O) groups is 1. The average molecular weight is 250 g/mol. The summed E-state index contributed by atoms with van der Waals surface area (Å²) in [4.78, 5) is 11.6. The van der Waals surface area contributed by atoms with Crippen molar-refractivity contribution in [1.82, 2.24) is 9.78 Å². The van der Waals surface area contributed by atoms with Crippen LogP contribution in [0.25, 0.3) is 11.3 Å². The van der Waals surface area contributed by atoms with Crippen LogP contribution in [0.3, 0.4) is 0 Å². The van der Waals surface area contributed by atoms with E-state index in [2.05, 4.69) is 5.10 Å². The molecule has 2 heterocycles. The monoisotopic (exact) mass is 250 g/mol. The van der Waals surface area contributed by atoms with E-state index in [4.69, 9.17) is 4.74 Å². The molecule has 2 rings (SSSR count). The van der Waals surface area contributed by atoms with Gasteiger partial charge in [-0.25, -0.2) is 4.79 Å². The van der Waals surface area contributed by atoms with Crippen LogP contribution >= 0.6 is 11.3 Å². The molecule has 0 aliphatic carbocycles. The summed E-state index contributed by atoms with van der Waals surface area (Å²) in [6, 6.07) is 3.80. The molecule has 4 nitrogen and oxygen atoms in total. The quantitative estimate of drug-likeness (QED) is 0.784. The predicted octanol–water partition coefficient (Wildman–Crippen LogP) is 2.81. The lowest BCUT2D eigenvalue weighted by atomic mass is 10.2. The number of rotatable bonds is 4. The third kappa shape index (κ3) is 2.39. The Bertz CT molecular complexity index is 503. The van der Waals surface area contributed by atoms with Crippen LogP contribution in [0.5, 0.6) is 0 Å². The second kappa shape index (κ2) is 5.14. The largest absolute Gasteiger partial charge is 0.461 e. The smallest absolute Gasteiger partial charge is 0.358 e. The Morgan fingerprint density at radius 1 is 1.53 bits per heavy atom. The van der Waals surface area contributed by atoms with E-state index in [0.717, 1.165) is 17.8 Å². The van der Waals surface area contributed by atoms with Gasteiger partial charge in [0.15, 0.2) is 5.69 Å². The van der Waals surface area contributed by atoms with Crippen LogP contribution in [-0.4, -0.2) is 22.4 Å². The normalized spacial score (nSPS) is 10.5. The second-order valence-corrected chi connectivity index (χ2v) is 4.24. The number of thiophene rings is 1. The summed E-state index contributed by atoms with van der Waals surface area (Å²) in [6.45, 7) is 4.88. The lowest BCUT2D eigenvalue weighted by Crippen LogP contribution is -2.06. The molecule has 0 aliphatic rings. The Balaban J connectivity index is 2.36. The van der Waals surface area contributed by atoms with Crippen molar-refractivity contribution >= 4 is 17.3 Å². The summed E-state index contributed by atoms with van der Waals surface area (Å²) in [7, 11) is 0. The summed E-state index contributed by atoms with van der Waals surface area (Å²) in [5.41, 5.74) is 2.41. The molecule has 17 heavy (non-hydrogen) atoms. The van der Waals surface area contributed by atoms with Gasteiger partial charge >= 0.3 is 5.97 Å². The number of aryl methyl sites for hydroxylation is 1. The Kier molecular flexibility index (Phi) is 3.58. The van der Waals surface area contributed by atoms with Crippen LogP contribution < -0.4 is 0 Å². The zero-order valence-electron chi connectivity index (χ0n) is 9.84. The third-order valence-corrected chi connectivity index (χ3v) is 3.06. The number of esters is 1. The number of hydrogen-bond acceptors (Lipinski definition) is 4. The molecule has 0 aromatic carbocycles. The first-order chi connectivity index (χ1) is 8.26. The van der Waals surface area contributed by atoms with Crippen LogP contribution in [0, 0.1) is 0 Å². The molecule has 0 aliphatic heterocycles. The minimum absolute atomic E-state index is 0.365. The molecule has 0 atom stereocenters. The van der Waals surface area contributed by atoms with Crippen LogP contribution in [0.4, 0.5) is 0 Å².